The van der Waals surface area contributed by atoms with Crippen molar-refractivity contribution in [2.45, 2.75) is 59.3 Å². The number of aryl methyl sites for hydroxylation is 1. The fraction of sp³-hybridized carbons (Fsp3) is 0.316. The first-order valence-corrected chi connectivity index (χ1v) is 17.6. The van der Waals surface area contributed by atoms with Gasteiger partial charge in [-0.2, -0.15) is 8.42 Å². The number of carbonyl (C=O) groups is 2. The van der Waals surface area contributed by atoms with E-state index in [9.17, 15) is 18.0 Å². The van der Waals surface area contributed by atoms with Gasteiger partial charge in [-0.05, 0) is 88.9 Å². The Balaban J connectivity index is 1.56. The minimum absolute atomic E-state index is 0.000266. The molecular formula is C38H42ClNO6S. The van der Waals surface area contributed by atoms with Crippen molar-refractivity contribution in [2.75, 3.05) is 17.7 Å². The van der Waals surface area contributed by atoms with Crippen molar-refractivity contribution >= 4 is 39.1 Å². The van der Waals surface area contributed by atoms with E-state index in [0.29, 0.717) is 22.9 Å². The van der Waals surface area contributed by atoms with E-state index in [1.807, 2.05) is 92.7 Å². The molecule has 1 amide bonds. The fourth-order valence-corrected chi connectivity index (χ4v) is 6.10. The summed E-state index contributed by atoms with van der Waals surface area (Å²) < 4.78 is 36.9. The second-order valence-corrected chi connectivity index (χ2v) is 15.2. The minimum atomic E-state index is -4.12. The minimum Gasteiger partial charge on any atom is -0.493 e. The van der Waals surface area contributed by atoms with Gasteiger partial charge in [-0.25, -0.2) is 0 Å². The van der Waals surface area contributed by atoms with Crippen LogP contribution in [-0.4, -0.2) is 37.0 Å². The molecule has 2 atom stereocenters. The summed E-state index contributed by atoms with van der Waals surface area (Å²) in [6.07, 6.45) is 0.0353. The highest BCUT2D eigenvalue weighted by atomic mass is 35.5. The summed E-state index contributed by atoms with van der Waals surface area (Å²) in [5.74, 6) is -0.974. The molecule has 0 saturated heterocycles. The van der Waals surface area contributed by atoms with Gasteiger partial charge in [0, 0.05) is 22.7 Å². The number of Topliss-reactive ketones (excluding diaryl/α,β-unsaturated/α-hetero) is 1. The SMILES string of the molecule is Cc1cc(Cl)ccc1-c1ccc(NC(=O)C(c2ccc(OCC(C)(C)C)cc2)C(C)c2ccc(C(=O)CCCS(=O)(=O)O)cc2)cc1. The summed E-state index contributed by atoms with van der Waals surface area (Å²) in [5.41, 5.74) is 5.92. The van der Waals surface area contributed by atoms with Crippen LogP contribution in [0.2, 0.25) is 5.02 Å². The Labute approximate surface area is 283 Å². The van der Waals surface area contributed by atoms with Crippen LogP contribution in [0.1, 0.15) is 79.4 Å². The van der Waals surface area contributed by atoms with Gasteiger partial charge in [0.1, 0.15) is 5.75 Å². The van der Waals surface area contributed by atoms with E-state index in [1.165, 1.54) is 0 Å². The molecule has 2 N–H and O–H groups in total. The van der Waals surface area contributed by atoms with Crippen LogP contribution in [0.15, 0.2) is 91.0 Å². The van der Waals surface area contributed by atoms with Crippen molar-refractivity contribution in [3.63, 3.8) is 0 Å². The number of carbonyl (C=O) groups excluding carboxylic acids is 2. The van der Waals surface area contributed by atoms with Crippen LogP contribution < -0.4 is 10.1 Å². The standard InChI is InChI=1S/C38H42ClNO6S/c1-25-23-31(39)16-21-34(25)28-12-17-32(18-13-28)40-37(42)36(30-14-19-33(20-15-30)46-24-38(3,4)5)26(2)27-8-10-29(11-9-27)35(41)7-6-22-47(43,44)45/h8-21,23,26,36H,6-7,22,24H2,1-5H3,(H,40,42)(H,43,44,45). The maximum absolute atomic E-state index is 14.0. The number of ketones is 1. The number of amides is 1. The quantitative estimate of drug-likeness (QED) is 0.108. The number of nitrogens with one attached hydrogen (secondary N) is 1. The molecule has 0 radical (unpaired) electrons. The predicted molar refractivity (Wildman–Crippen MR) is 189 cm³/mol. The van der Waals surface area contributed by atoms with Gasteiger partial charge in [-0.15, -0.1) is 0 Å². The third-order valence-corrected chi connectivity index (χ3v) is 8.95. The fourth-order valence-electron chi connectivity index (χ4n) is 5.37. The summed E-state index contributed by atoms with van der Waals surface area (Å²) in [4.78, 5) is 26.6. The molecular weight excluding hydrogens is 634 g/mol. The normalized spacial score (nSPS) is 13.1. The molecule has 9 heteroatoms. The van der Waals surface area contributed by atoms with Crippen LogP contribution in [0.25, 0.3) is 11.1 Å². The Hall–Kier alpha value is -3.98. The molecule has 7 nitrogen and oxygen atoms in total. The molecule has 2 unspecified atom stereocenters. The number of anilines is 1. The van der Waals surface area contributed by atoms with Crippen LogP contribution >= 0.6 is 11.6 Å². The topological polar surface area (TPSA) is 110 Å². The average molecular weight is 676 g/mol. The third kappa shape index (κ3) is 10.5. The summed E-state index contributed by atoms with van der Waals surface area (Å²) in [5, 5.41) is 3.78. The molecule has 0 heterocycles. The Bertz CT molecular complexity index is 1800. The Morgan fingerprint density at radius 2 is 1.51 bits per heavy atom. The van der Waals surface area contributed by atoms with Crippen molar-refractivity contribution in [2.24, 2.45) is 5.41 Å². The van der Waals surface area contributed by atoms with E-state index >= 15 is 0 Å². The molecule has 0 aliphatic carbocycles. The van der Waals surface area contributed by atoms with Gasteiger partial charge < -0.3 is 10.1 Å². The van der Waals surface area contributed by atoms with Crippen molar-refractivity contribution in [3.05, 3.63) is 118 Å². The summed E-state index contributed by atoms with van der Waals surface area (Å²) in [6.45, 7) is 10.8. The molecule has 0 fully saturated rings. The summed E-state index contributed by atoms with van der Waals surface area (Å²) in [6, 6.07) is 28.1. The van der Waals surface area contributed by atoms with E-state index in [4.69, 9.17) is 20.9 Å². The maximum atomic E-state index is 14.0. The van der Waals surface area contributed by atoms with E-state index in [2.05, 4.69) is 26.1 Å². The highest BCUT2D eigenvalue weighted by molar-refractivity contribution is 7.85. The van der Waals surface area contributed by atoms with Gasteiger partial charge in [0.15, 0.2) is 5.78 Å². The van der Waals surface area contributed by atoms with E-state index in [-0.39, 0.29) is 35.9 Å². The van der Waals surface area contributed by atoms with Crippen molar-refractivity contribution < 1.29 is 27.3 Å². The van der Waals surface area contributed by atoms with Gasteiger partial charge in [-0.1, -0.05) is 93.9 Å². The van der Waals surface area contributed by atoms with E-state index in [0.717, 1.165) is 33.6 Å². The molecule has 4 aromatic rings. The van der Waals surface area contributed by atoms with Crippen LogP contribution in [0.3, 0.4) is 0 Å². The van der Waals surface area contributed by atoms with Crippen LogP contribution in [0.5, 0.6) is 5.75 Å². The lowest BCUT2D eigenvalue weighted by Gasteiger charge is -2.25. The van der Waals surface area contributed by atoms with Gasteiger partial charge in [0.2, 0.25) is 5.91 Å². The van der Waals surface area contributed by atoms with Crippen LogP contribution in [0, 0.1) is 12.3 Å². The molecule has 0 bridgehead atoms. The molecule has 0 spiro atoms. The first-order valence-electron chi connectivity index (χ1n) is 15.6. The zero-order chi connectivity index (χ0) is 34.4. The zero-order valence-electron chi connectivity index (χ0n) is 27.4. The number of hydrogen-bond donors (Lipinski definition) is 2. The molecule has 0 saturated carbocycles. The number of benzene rings is 4. The van der Waals surface area contributed by atoms with Crippen LogP contribution in [-0.2, 0) is 14.9 Å². The molecule has 0 aliphatic rings. The Morgan fingerprint density at radius 1 is 0.894 bits per heavy atom. The average Bonchev–Trinajstić information content (AvgIpc) is 3.00. The van der Waals surface area contributed by atoms with Crippen molar-refractivity contribution in [3.8, 4) is 16.9 Å². The molecule has 248 valence electrons. The van der Waals surface area contributed by atoms with Gasteiger partial charge >= 0.3 is 0 Å². The molecule has 4 rings (SSSR count). The lowest BCUT2D eigenvalue weighted by molar-refractivity contribution is -0.118. The lowest BCUT2D eigenvalue weighted by atomic mass is 9.81. The smallest absolute Gasteiger partial charge is 0.264 e. The second-order valence-electron chi connectivity index (χ2n) is 13.1. The molecule has 0 aliphatic heterocycles. The molecule has 47 heavy (non-hydrogen) atoms. The third-order valence-electron chi connectivity index (χ3n) is 7.91. The highest BCUT2D eigenvalue weighted by Gasteiger charge is 2.29. The molecule has 4 aromatic carbocycles. The molecule has 0 aromatic heterocycles. The van der Waals surface area contributed by atoms with Gasteiger partial charge in [0.05, 0.1) is 18.3 Å². The Morgan fingerprint density at radius 3 is 2.09 bits per heavy atom. The van der Waals surface area contributed by atoms with E-state index < -0.39 is 21.8 Å². The number of ether oxygens (including phenoxy) is 1. The second kappa shape index (κ2) is 15.3. The number of hydrogen-bond acceptors (Lipinski definition) is 5. The Kier molecular flexibility index (Phi) is 11.7. The van der Waals surface area contributed by atoms with Crippen molar-refractivity contribution in [1.29, 1.82) is 0 Å². The lowest BCUT2D eigenvalue weighted by Crippen LogP contribution is -2.25. The monoisotopic (exact) mass is 675 g/mol. The van der Waals surface area contributed by atoms with Crippen LogP contribution in [0.4, 0.5) is 5.69 Å². The van der Waals surface area contributed by atoms with Gasteiger partial charge in [0.25, 0.3) is 10.1 Å². The first kappa shape index (κ1) is 35.9. The zero-order valence-corrected chi connectivity index (χ0v) is 29.0. The number of rotatable bonds is 13. The van der Waals surface area contributed by atoms with E-state index in [1.54, 1.807) is 12.1 Å². The summed E-state index contributed by atoms with van der Waals surface area (Å²) >= 11 is 6.14. The predicted octanol–water partition coefficient (Wildman–Crippen LogP) is 9.12. The first-order chi connectivity index (χ1) is 22.1. The highest BCUT2D eigenvalue weighted by Crippen LogP contribution is 2.36. The maximum Gasteiger partial charge on any atom is 0.264 e. The van der Waals surface area contributed by atoms with Crippen molar-refractivity contribution in [1.82, 2.24) is 0 Å². The number of halogens is 1. The summed E-state index contributed by atoms with van der Waals surface area (Å²) in [7, 11) is -4.12. The largest absolute Gasteiger partial charge is 0.493 e. The van der Waals surface area contributed by atoms with Gasteiger partial charge in [-0.3, -0.25) is 14.1 Å².